The summed E-state index contributed by atoms with van der Waals surface area (Å²) in [5.74, 6) is -1.04. The van der Waals surface area contributed by atoms with Crippen molar-refractivity contribution < 1.29 is 9.90 Å². The highest BCUT2D eigenvalue weighted by atomic mass is 16.4. The first-order valence-electron chi connectivity index (χ1n) is 5.61. The van der Waals surface area contributed by atoms with E-state index < -0.39 is 5.97 Å². The summed E-state index contributed by atoms with van der Waals surface area (Å²) >= 11 is 0. The summed E-state index contributed by atoms with van der Waals surface area (Å²) in [5.41, 5.74) is 1.05. The molecule has 2 rings (SSSR count). The number of aromatic amines is 1. The third-order valence-corrected chi connectivity index (χ3v) is 2.71. The number of fused-ring (bicyclic) bond motifs is 1. The number of H-pyrrole nitrogens is 1. The van der Waals surface area contributed by atoms with Crippen LogP contribution in [0.2, 0.25) is 0 Å². The van der Waals surface area contributed by atoms with Gasteiger partial charge >= 0.3 is 5.97 Å². The second-order valence-electron chi connectivity index (χ2n) is 5.27. The van der Waals surface area contributed by atoms with E-state index in [2.05, 4.69) is 10.1 Å². The minimum absolute atomic E-state index is 0.132. The molecule has 0 radical (unpaired) electrons. The van der Waals surface area contributed by atoms with Gasteiger partial charge in [0.25, 0.3) is 5.56 Å². The molecule has 0 saturated heterocycles. The quantitative estimate of drug-likeness (QED) is 0.829. The Bertz CT molecular complexity index is 661. The fourth-order valence-electron chi connectivity index (χ4n) is 1.66. The number of aliphatic carboxylic acids is 1. The van der Waals surface area contributed by atoms with Crippen LogP contribution in [0.3, 0.4) is 0 Å². The van der Waals surface area contributed by atoms with E-state index in [0.717, 1.165) is 5.69 Å². The summed E-state index contributed by atoms with van der Waals surface area (Å²) < 4.78 is 1.29. The number of nitrogens with zero attached hydrogens (tertiary/aromatic N) is 2. The zero-order chi connectivity index (χ0) is 13.5. The topological polar surface area (TPSA) is 87.5 Å². The van der Waals surface area contributed by atoms with Crippen molar-refractivity contribution in [3.63, 3.8) is 0 Å². The lowest BCUT2D eigenvalue weighted by molar-refractivity contribution is -0.136. The summed E-state index contributed by atoms with van der Waals surface area (Å²) in [6.07, 6.45) is 1.00. The highest BCUT2D eigenvalue weighted by Gasteiger charge is 2.18. The van der Waals surface area contributed by atoms with Crippen LogP contribution in [0.1, 0.15) is 32.0 Å². The normalized spacial score (nSPS) is 11.9. The van der Waals surface area contributed by atoms with Crippen LogP contribution in [0.5, 0.6) is 0 Å². The fraction of sp³-hybridized carbons (Fsp3) is 0.417. The molecule has 96 valence electrons. The fourth-order valence-corrected chi connectivity index (χ4v) is 1.66. The molecule has 0 amide bonds. The van der Waals surface area contributed by atoms with Crippen LogP contribution in [0.4, 0.5) is 0 Å². The Kier molecular flexibility index (Phi) is 2.73. The number of nitrogens with one attached hydrogen (secondary N) is 1. The van der Waals surface area contributed by atoms with Gasteiger partial charge in [0, 0.05) is 28.9 Å². The third-order valence-electron chi connectivity index (χ3n) is 2.71. The molecular weight excluding hydrogens is 234 g/mol. The lowest BCUT2D eigenvalue weighted by Gasteiger charge is -2.14. The van der Waals surface area contributed by atoms with Crippen LogP contribution < -0.4 is 5.56 Å². The summed E-state index contributed by atoms with van der Waals surface area (Å²) in [7, 11) is 0. The van der Waals surface area contributed by atoms with Crippen molar-refractivity contribution in [2.45, 2.75) is 32.6 Å². The molecule has 2 heterocycles. The van der Waals surface area contributed by atoms with E-state index in [1.165, 1.54) is 10.7 Å². The molecule has 0 saturated carbocycles. The van der Waals surface area contributed by atoms with Crippen LogP contribution >= 0.6 is 0 Å². The van der Waals surface area contributed by atoms with Crippen LogP contribution in [0.15, 0.2) is 17.1 Å². The van der Waals surface area contributed by atoms with Crippen LogP contribution in [0, 0.1) is 0 Å². The third kappa shape index (κ3) is 2.13. The average molecular weight is 249 g/mol. The molecule has 0 aliphatic rings. The molecule has 0 spiro atoms. The van der Waals surface area contributed by atoms with Crippen molar-refractivity contribution in [1.29, 1.82) is 0 Å². The Morgan fingerprint density at radius 2 is 2.17 bits per heavy atom. The maximum Gasteiger partial charge on any atom is 0.308 e. The smallest absolute Gasteiger partial charge is 0.308 e. The molecule has 6 nitrogen and oxygen atoms in total. The summed E-state index contributed by atoms with van der Waals surface area (Å²) in [4.78, 5) is 26.8. The Balaban J connectivity index is 2.61. The number of carboxylic acid groups (broad SMARTS) is 1. The second kappa shape index (κ2) is 3.97. The van der Waals surface area contributed by atoms with Crippen LogP contribution in [-0.2, 0) is 16.6 Å². The number of aromatic nitrogens is 3. The van der Waals surface area contributed by atoms with E-state index in [-0.39, 0.29) is 23.0 Å². The van der Waals surface area contributed by atoms with Crippen molar-refractivity contribution in [3.8, 4) is 0 Å². The SMILES string of the molecule is CC(C)(C)c1cc2ncc(CC(=O)O)c(=O)n2[nH]1. The Hall–Kier alpha value is -2.11. The second-order valence-corrected chi connectivity index (χ2v) is 5.27. The van der Waals surface area contributed by atoms with Gasteiger partial charge in [0.2, 0.25) is 0 Å². The lowest BCUT2D eigenvalue weighted by Crippen LogP contribution is -2.22. The van der Waals surface area contributed by atoms with Crippen molar-refractivity contribution in [2.24, 2.45) is 0 Å². The Morgan fingerprint density at radius 3 is 2.72 bits per heavy atom. The molecule has 0 aliphatic heterocycles. The first kappa shape index (κ1) is 12.3. The standard InChI is InChI=1S/C12H15N3O3/c1-12(2,3)8-5-9-13-6-7(4-10(16)17)11(18)15(9)14-8/h5-6,14H,4H2,1-3H3,(H,16,17). The van der Waals surface area contributed by atoms with E-state index in [1.54, 1.807) is 6.07 Å². The van der Waals surface area contributed by atoms with E-state index in [1.807, 2.05) is 20.8 Å². The molecule has 2 N–H and O–H groups in total. The molecule has 0 unspecified atom stereocenters. The molecular formula is C12H15N3O3. The van der Waals surface area contributed by atoms with Gasteiger partial charge in [0.15, 0.2) is 5.65 Å². The number of rotatable bonds is 2. The molecule has 0 aliphatic carbocycles. The minimum Gasteiger partial charge on any atom is -0.481 e. The van der Waals surface area contributed by atoms with Gasteiger partial charge < -0.3 is 5.11 Å². The van der Waals surface area contributed by atoms with Gasteiger partial charge in [0.1, 0.15) is 0 Å². The van der Waals surface area contributed by atoms with Crippen molar-refractivity contribution in [3.05, 3.63) is 33.9 Å². The predicted molar refractivity (Wildman–Crippen MR) is 65.9 cm³/mol. The maximum absolute atomic E-state index is 12.0. The minimum atomic E-state index is -1.04. The van der Waals surface area contributed by atoms with Crippen LogP contribution in [-0.4, -0.2) is 25.7 Å². The van der Waals surface area contributed by atoms with E-state index in [9.17, 15) is 9.59 Å². The van der Waals surface area contributed by atoms with Gasteiger partial charge in [-0.3, -0.25) is 14.7 Å². The van der Waals surface area contributed by atoms with Gasteiger partial charge in [-0.1, -0.05) is 20.8 Å². The molecule has 0 fully saturated rings. The Morgan fingerprint density at radius 1 is 1.50 bits per heavy atom. The number of hydrogen-bond donors (Lipinski definition) is 2. The molecule has 0 bridgehead atoms. The zero-order valence-corrected chi connectivity index (χ0v) is 10.5. The largest absolute Gasteiger partial charge is 0.481 e. The summed E-state index contributed by atoms with van der Waals surface area (Å²) in [6.45, 7) is 6.04. The molecule has 2 aromatic heterocycles. The van der Waals surface area contributed by atoms with Gasteiger partial charge in [-0.15, -0.1) is 0 Å². The molecule has 0 atom stereocenters. The maximum atomic E-state index is 12.0. The zero-order valence-electron chi connectivity index (χ0n) is 10.5. The van der Waals surface area contributed by atoms with E-state index >= 15 is 0 Å². The number of hydrogen-bond acceptors (Lipinski definition) is 3. The van der Waals surface area contributed by atoms with Gasteiger partial charge in [-0.25, -0.2) is 9.50 Å². The first-order valence-corrected chi connectivity index (χ1v) is 5.61. The summed E-state index contributed by atoms with van der Waals surface area (Å²) in [6, 6.07) is 1.80. The number of carboxylic acids is 1. The lowest BCUT2D eigenvalue weighted by atomic mass is 9.93. The van der Waals surface area contributed by atoms with Crippen molar-refractivity contribution in [1.82, 2.24) is 14.6 Å². The monoisotopic (exact) mass is 249 g/mol. The molecule has 6 heteroatoms. The van der Waals surface area contributed by atoms with Gasteiger partial charge in [-0.2, -0.15) is 0 Å². The molecule has 18 heavy (non-hydrogen) atoms. The highest BCUT2D eigenvalue weighted by molar-refractivity contribution is 5.70. The molecule has 2 aromatic rings. The van der Waals surface area contributed by atoms with E-state index in [4.69, 9.17) is 5.11 Å². The van der Waals surface area contributed by atoms with Crippen molar-refractivity contribution >= 4 is 11.6 Å². The Labute approximate surface area is 103 Å². The average Bonchev–Trinajstić information content (AvgIpc) is 2.66. The first-order chi connectivity index (χ1) is 8.29. The van der Waals surface area contributed by atoms with E-state index in [0.29, 0.717) is 5.65 Å². The highest BCUT2D eigenvalue weighted by Crippen LogP contribution is 2.20. The van der Waals surface area contributed by atoms with Crippen molar-refractivity contribution in [2.75, 3.05) is 0 Å². The van der Waals surface area contributed by atoms with Gasteiger partial charge in [-0.05, 0) is 0 Å². The van der Waals surface area contributed by atoms with Gasteiger partial charge in [0.05, 0.1) is 6.42 Å². The van der Waals surface area contributed by atoms with Crippen LogP contribution in [0.25, 0.3) is 5.65 Å². The predicted octanol–water partition coefficient (Wildman–Crippen LogP) is 0.947. The molecule has 0 aromatic carbocycles. The number of carbonyl (C=O) groups is 1. The summed E-state index contributed by atoms with van der Waals surface area (Å²) in [5, 5.41) is 11.7.